The number of fused-ring (bicyclic) bond motifs is 1. The van der Waals surface area contributed by atoms with Gasteiger partial charge in [-0.15, -0.1) is 0 Å². The average molecular weight is 447 g/mol. The number of aliphatic carboxylic acids is 1. The molecule has 1 heterocycles. The number of likely N-dealkylation sites (N-methyl/N-ethyl adjacent to an activating group) is 1. The number of benzene rings is 2. The molecule has 0 bridgehead atoms. The average Bonchev–Trinajstić information content (AvgIpc) is 3.12. The first-order chi connectivity index (χ1) is 15.0. The molecule has 178 valence electrons. The number of ether oxygens (including phenoxy) is 2. The van der Waals surface area contributed by atoms with E-state index in [9.17, 15) is 9.59 Å². The van der Waals surface area contributed by atoms with Gasteiger partial charge in [-0.3, -0.25) is 10.1 Å². The first-order valence-corrected chi connectivity index (χ1v) is 10.7. The smallest absolute Gasteiger partial charge is 0.417 e. The van der Waals surface area contributed by atoms with E-state index in [0.29, 0.717) is 30.2 Å². The topological polar surface area (TPSA) is 88.1 Å². The Morgan fingerprint density at radius 1 is 1.09 bits per heavy atom. The van der Waals surface area contributed by atoms with E-state index in [1.54, 1.807) is 37.4 Å². The number of carboxylic acids is 1. The minimum absolute atomic E-state index is 0. The Hall–Kier alpha value is -3.22. The Kier molecular flexibility index (Phi) is 13.2. The number of anilines is 2. The van der Waals surface area contributed by atoms with Crippen molar-refractivity contribution in [2.24, 2.45) is 0 Å². The molecule has 0 saturated carbocycles. The van der Waals surface area contributed by atoms with Gasteiger partial charge in [-0.25, -0.2) is 4.79 Å². The third-order valence-corrected chi connectivity index (χ3v) is 4.60. The summed E-state index contributed by atoms with van der Waals surface area (Å²) in [6.45, 7) is 8.70. The first-order valence-electron chi connectivity index (χ1n) is 10.7. The Balaban J connectivity index is 0.00000182. The summed E-state index contributed by atoms with van der Waals surface area (Å²) in [6.07, 6.45) is -0.0302. The number of amides is 1. The fraction of sp³-hybridized carbons (Fsp3) is 0.440. The number of methoxy groups -OCH3 is 1. The van der Waals surface area contributed by atoms with Crippen LogP contribution in [0, 0.1) is 0 Å². The van der Waals surface area contributed by atoms with E-state index in [-0.39, 0.29) is 19.8 Å². The molecular formula is C25H38N2O5. The summed E-state index contributed by atoms with van der Waals surface area (Å²) in [4.78, 5) is 25.3. The number of rotatable bonds is 6. The number of carbonyl (C=O) groups excluding carboxylic acids is 1. The minimum atomic E-state index is -0.832. The second kappa shape index (κ2) is 14.7. The summed E-state index contributed by atoms with van der Waals surface area (Å²) in [5.74, 6) is 0.324. The molecule has 3 rings (SSSR count). The van der Waals surface area contributed by atoms with Gasteiger partial charge in [0, 0.05) is 42.9 Å². The van der Waals surface area contributed by atoms with E-state index in [0.717, 1.165) is 11.3 Å². The molecule has 0 fully saturated rings. The van der Waals surface area contributed by atoms with Gasteiger partial charge in [0.2, 0.25) is 0 Å². The van der Waals surface area contributed by atoms with Crippen molar-refractivity contribution in [3.63, 3.8) is 0 Å². The number of hydrogen-bond acceptors (Lipinski definition) is 5. The quantitative estimate of drug-likeness (QED) is 0.534. The van der Waals surface area contributed by atoms with Gasteiger partial charge in [-0.2, -0.15) is 0 Å². The van der Waals surface area contributed by atoms with E-state index >= 15 is 0 Å². The Labute approximate surface area is 192 Å². The van der Waals surface area contributed by atoms with Crippen molar-refractivity contribution in [3.8, 4) is 11.5 Å². The third-order valence-electron chi connectivity index (χ3n) is 4.60. The fourth-order valence-corrected chi connectivity index (χ4v) is 3.34. The van der Waals surface area contributed by atoms with Crippen molar-refractivity contribution in [2.75, 3.05) is 30.9 Å². The number of hydrogen-bond donors (Lipinski definition) is 2. The van der Waals surface area contributed by atoms with Gasteiger partial charge < -0.3 is 19.5 Å². The zero-order valence-electron chi connectivity index (χ0n) is 19.3. The number of carbonyl (C=O) groups is 2. The van der Waals surface area contributed by atoms with Crippen LogP contribution in [0.1, 0.15) is 59.4 Å². The molecule has 0 aliphatic carbocycles. The summed E-state index contributed by atoms with van der Waals surface area (Å²) in [6, 6.07) is 12.4. The normalized spacial score (nSPS) is 13.2. The van der Waals surface area contributed by atoms with Gasteiger partial charge in [0.25, 0.3) is 0 Å². The SMILES string of the molecule is C.CC.CC.COc1ccc(NC(=O)Oc2cccc3c2C(CCC(=O)O)CN3C)cc1. The summed E-state index contributed by atoms with van der Waals surface area (Å²) in [7, 11) is 3.52. The second-order valence-electron chi connectivity index (χ2n) is 6.44. The van der Waals surface area contributed by atoms with Gasteiger partial charge in [-0.1, -0.05) is 41.2 Å². The van der Waals surface area contributed by atoms with Crippen LogP contribution < -0.4 is 19.7 Å². The molecule has 2 N–H and O–H groups in total. The van der Waals surface area contributed by atoms with Crippen LogP contribution in [0.25, 0.3) is 0 Å². The van der Waals surface area contributed by atoms with Crippen LogP contribution in [0.4, 0.5) is 16.2 Å². The molecule has 0 aromatic heterocycles. The van der Waals surface area contributed by atoms with Gasteiger partial charge in [0.1, 0.15) is 11.5 Å². The van der Waals surface area contributed by atoms with Crippen molar-refractivity contribution in [2.45, 2.75) is 53.9 Å². The first kappa shape index (κ1) is 28.8. The monoisotopic (exact) mass is 446 g/mol. The fourth-order valence-electron chi connectivity index (χ4n) is 3.34. The number of carboxylic acid groups (broad SMARTS) is 1. The van der Waals surface area contributed by atoms with Crippen LogP contribution >= 0.6 is 0 Å². The number of nitrogens with one attached hydrogen (secondary N) is 1. The van der Waals surface area contributed by atoms with E-state index in [4.69, 9.17) is 14.6 Å². The summed E-state index contributed by atoms with van der Waals surface area (Å²) < 4.78 is 10.6. The number of nitrogens with zero attached hydrogens (tertiary/aromatic N) is 1. The van der Waals surface area contributed by atoms with Crippen molar-refractivity contribution in [1.29, 1.82) is 0 Å². The van der Waals surface area contributed by atoms with E-state index in [1.807, 2.05) is 46.9 Å². The molecule has 0 saturated heterocycles. The Bertz CT molecular complexity index is 837. The highest BCUT2D eigenvalue weighted by molar-refractivity contribution is 5.87. The molecule has 1 aliphatic heterocycles. The Morgan fingerprint density at radius 2 is 1.72 bits per heavy atom. The lowest BCUT2D eigenvalue weighted by Gasteiger charge is -2.14. The molecular weight excluding hydrogens is 408 g/mol. The molecule has 32 heavy (non-hydrogen) atoms. The second-order valence-corrected chi connectivity index (χ2v) is 6.44. The van der Waals surface area contributed by atoms with Crippen molar-refractivity contribution in [3.05, 3.63) is 48.0 Å². The zero-order chi connectivity index (χ0) is 23.4. The summed E-state index contributed by atoms with van der Waals surface area (Å²) in [5, 5.41) is 11.7. The highest BCUT2D eigenvalue weighted by Gasteiger charge is 2.30. The highest BCUT2D eigenvalue weighted by atomic mass is 16.6. The van der Waals surface area contributed by atoms with Crippen LogP contribution in [0.3, 0.4) is 0 Å². The van der Waals surface area contributed by atoms with E-state index in [2.05, 4.69) is 10.2 Å². The van der Waals surface area contributed by atoms with E-state index in [1.165, 1.54) is 0 Å². The van der Waals surface area contributed by atoms with E-state index < -0.39 is 12.1 Å². The predicted molar refractivity (Wildman–Crippen MR) is 131 cm³/mol. The lowest BCUT2D eigenvalue weighted by atomic mass is 9.95. The minimum Gasteiger partial charge on any atom is -0.497 e. The van der Waals surface area contributed by atoms with Crippen LogP contribution in [-0.4, -0.2) is 37.9 Å². The van der Waals surface area contributed by atoms with Crippen molar-refractivity contribution < 1.29 is 24.2 Å². The predicted octanol–water partition coefficient (Wildman–Crippen LogP) is 6.39. The molecule has 7 nitrogen and oxygen atoms in total. The molecule has 7 heteroatoms. The Morgan fingerprint density at radius 3 is 2.28 bits per heavy atom. The van der Waals surface area contributed by atoms with Crippen molar-refractivity contribution >= 4 is 23.4 Å². The molecule has 0 spiro atoms. The molecule has 0 radical (unpaired) electrons. The van der Waals surface area contributed by atoms with Crippen LogP contribution in [0.15, 0.2) is 42.5 Å². The summed E-state index contributed by atoms with van der Waals surface area (Å²) >= 11 is 0. The van der Waals surface area contributed by atoms with Crippen LogP contribution in [-0.2, 0) is 4.79 Å². The van der Waals surface area contributed by atoms with Gasteiger partial charge in [-0.05, 0) is 42.8 Å². The molecule has 2 aromatic rings. The molecule has 1 unspecified atom stereocenters. The molecule has 1 atom stereocenters. The van der Waals surface area contributed by atoms with Gasteiger partial charge in [0.05, 0.1) is 7.11 Å². The van der Waals surface area contributed by atoms with Crippen LogP contribution in [0.2, 0.25) is 0 Å². The largest absolute Gasteiger partial charge is 0.497 e. The molecule has 2 aromatic carbocycles. The van der Waals surface area contributed by atoms with Crippen molar-refractivity contribution in [1.82, 2.24) is 0 Å². The maximum absolute atomic E-state index is 12.3. The third kappa shape index (κ3) is 7.80. The zero-order valence-corrected chi connectivity index (χ0v) is 19.3. The maximum atomic E-state index is 12.3. The molecule has 1 amide bonds. The standard InChI is InChI=1S/C20H22N2O5.2C2H6.CH4/c1-22-12-13(6-11-18(23)24)19-16(22)4-3-5-17(19)27-20(25)21-14-7-9-15(26-2)10-8-14;2*1-2;/h3-5,7-10,13H,6,11-12H2,1-2H3,(H,21,25)(H,23,24);2*1-2H3;1H4. The van der Waals surface area contributed by atoms with Gasteiger partial charge >= 0.3 is 12.1 Å². The molecule has 1 aliphatic rings. The van der Waals surface area contributed by atoms with Crippen LogP contribution in [0.5, 0.6) is 11.5 Å². The lowest BCUT2D eigenvalue weighted by molar-refractivity contribution is -0.137. The van der Waals surface area contributed by atoms with Gasteiger partial charge in [0.15, 0.2) is 0 Å². The highest BCUT2D eigenvalue weighted by Crippen LogP contribution is 2.43. The lowest BCUT2D eigenvalue weighted by Crippen LogP contribution is -2.18. The summed E-state index contributed by atoms with van der Waals surface area (Å²) in [5.41, 5.74) is 2.43. The maximum Gasteiger partial charge on any atom is 0.417 e.